The lowest BCUT2D eigenvalue weighted by atomic mass is 10.00. The van der Waals surface area contributed by atoms with Crippen LogP contribution in [0.5, 0.6) is 0 Å². The maximum atomic E-state index is 5.35. The van der Waals surface area contributed by atoms with E-state index >= 15 is 0 Å². The minimum Gasteiger partial charge on any atom is -0.308 e. The van der Waals surface area contributed by atoms with Crippen LogP contribution in [0.15, 0.2) is 30.3 Å². The summed E-state index contributed by atoms with van der Waals surface area (Å²) in [4.78, 5) is 4.48. The van der Waals surface area contributed by atoms with Gasteiger partial charge in [-0.2, -0.15) is 0 Å². The van der Waals surface area contributed by atoms with Gasteiger partial charge in [0.15, 0.2) is 0 Å². The van der Waals surface area contributed by atoms with Crippen LogP contribution in [0.1, 0.15) is 25.3 Å². The Balaban J connectivity index is 2.70. The van der Waals surface area contributed by atoms with Crippen molar-refractivity contribution in [3.63, 3.8) is 0 Å². The van der Waals surface area contributed by atoms with E-state index in [-0.39, 0.29) is 0 Å². The second-order valence-corrected chi connectivity index (χ2v) is 3.91. The number of hydrogen-bond acceptors (Lipinski definition) is 3. The van der Waals surface area contributed by atoms with Gasteiger partial charge in [0, 0.05) is 5.39 Å². The van der Waals surface area contributed by atoms with Crippen LogP contribution in [0.25, 0.3) is 10.9 Å². The lowest BCUT2D eigenvalue weighted by Gasteiger charge is -2.09. The molecule has 0 atom stereocenters. The quantitative estimate of drug-likeness (QED) is 0.580. The molecule has 0 unspecified atom stereocenters. The Labute approximate surface area is 89.3 Å². The van der Waals surface area contributed by atoms with Gasteiger partial charge >= 0.3 is 0 Å². The van der Waals surface area contributed by atoms with E-state index in [0.29, 0.717) is 11.7 Å². The summed E-state index contributed by atoms with van der Waals surface area (Å²) in [6.07, 6.45) is 0. The average molecular weight is 201 g/mol. The Morgan fingerprint density at radius 2 is 2.00 bits per heavy atom. The molecule has 1 aromatic heterocycles. The van der Waals surface area contributed by atoms with Gasteiger partial charge in [0.05, 0.1) is 5.52 Å². The first-order valence-corrected chi connectivity index (χ1v) is 5.08. The molecule has 0 saturated heterocycles. The van der Waals surface area contributed by atoms with Gasteiger partial charge in [-0.25, -0.2) is 10.8 Å². The summed E-state index contributed by atoms with van der Waals surface area (Å²) in [6.45, 7) is 4.33. The first-order chi connectivity index (χ1) is 7.22. The van der Waals surface area contributed by atoms with Crippen molar-refractivity contribution in [2.45, 2.75) is 19.8 Å². The number of hydrogen-bond donors (Lipinski definition) is 2. The topological polar surface area (TPSA) is 50.9 Å². The maximum absolute atomic E-state index is 5.35. The molecule has 0 aliphatic heterocycles. The number of benzene rings is 1. The molecular formula is C12H15N3. The molecule has 3 N–H and O–H groups in total. The molecule has 0 aliphatic rings. The molecule has 3 heteroatoms. The number of nitrogens with zero attached hydrogens (tertiary/aromatic N) is 1. The number of nitrogen functional groups attached to an aromatic ring is 1. The number of rotatable bonds is 2. The normalized spacial score (nSPS) is 10.9. The average Bonchev–Trinajstić information content (AvgIpc) is 2.27. The van der Waals surface area contributed by atoms with Crippen molar-refractivity contribution >= 4 is 16.7 Å². The van der Waals surface area contributed by atoms with E-state index in [4.69, 9.17) is 5.84 Å². The second-order valence-electron chi connectivity index (χ2n) is 3.91. The first-order valence-electron chi connectivity index (χ1n) is 5.08. The van der Waals surface area contributed by atoms with Crippen LogP contribution in [0, 0.1) is 0 Å². The van der Waals surface area contributed by atoms with E-state index in [9.17, 15) is 0 Å². The molecule has 0 radical (unpaired) electrons. The number of nitrogens with one attached hydrogen (secondary N) is 1. The minimum atomic E-state index is 0.467. The van der Waals surface area contributed by atoms with Gasteiger partial charge in [-0.1, -0.05) is 32.0 Å². The van der Waals surface area contributed by atoms with Crippen molar-refractivity contribution in [2.75, 3.05) is 5.43 Å². The SMILES string of the molecule is CC(C)c1cccc2ccc(NN)nc12. The van der Waals surface area contributed by atoms with Gasteiger partial charge in [-0.05, 0) is 23.6 Å². The van der Waals surface area contributed by atoms with Gasteiger partial charge in [0.2, 0.25) is 0 Å². The predicted octanol–water partition coefficient (Wildman–Crippen LogP) is 2.64. The summed E-state index contributed by atoms with van der Waals surface area (Å²) in [7, 11) is 0. The van der Waals surface area contributed by atoms with Crippen LogP contribution in [0.4, 0.5) is 5.82 Å². The number of fused-ring (bicyclic) bond motifs is 1. The summed E-state index contributed by atoms with van der Waals surface area (Å²) < 4.78 is 0. The third-order valence-corrected chi connectivity index (χ3v) is 2.52. The largest absolute Gasteiger partial charge is 0.308 e. The summed E-state index contributed by atoms with van der Waals surface area (Å²) >= 11 is 0. The van der Waals surface area contributed by atoms with E-state index < -0.39 is 0 Å². The Kier molecular flexibility index (Phi) is 2.56. The molecule has 15 heavy (non-hydrogen) atoms. The Morgan fingerprint density at radius 1 is 1.20 bits per heavy atom. The standard InChI is InChI=1S/C12H15N3/c1-8(2)10-5-3-4-9-6-7-11(15-13)14-12(9)10/h3-8H,13H2,1-2H3,(H,14,15). The number of aromatic nitrogens is 1. The van der Waals surface area contributed by atoms with Crippen molar-refractivity contribution < 1.29 is 0 Å². The Hall–Kier alpha value is -1.61. The van der Waals surface area contributed by atoms with E-state index in [0.717, 1.165) is 10.9 Å². The fourth-order valence-corrected chi connectivity index (χ4v) is 1.72. The fourth-order valence-electron chi connectivity index (χ4n) is 1.72. The summed E-state index contributed by atoms with van der Waals surface area (Å²) in [5.41, 5.74) is 4.86. The van der Waals surface area contributed by atoms with Crippen molar-refractivity contribution in [1.82, 2.24) is 4.98 Å². The third-order valence-electron chi connectivity index (χ3n) is 2.52. The lowest BCUT2D eigenvalue weighted by molar-refractivity contribution is 0.873. The summed E-state index contributed by atoms with van der Waals surface area (Å²) in [6, 6.07) is 10.2. The molecule has 3 nitrogen and oxygen atoms in total. The number of nitrogens with two attached hydrogens (primary N) is 1. The smallest absolute Gasteiger partial charge is 0.140 e. The predicted molar refractivity (Wildman–Crippen MR) is 63.6 cm³/mol. The highest BCUT2D eigenvalue weighted by Gasteiger charge is 2.06. The van der Waals surface area contributed by atoms with Gasteiger partial charge < -0.3 is 5.43 Å². The van der Waals surface area contributed by atoms with Crippen molar-refractivity contribution in [3.05, 3.63) is 35.9 Å². The number of hydrazine groups is 1. The molecule has 0 fully saturated rings. The molecule has 0 bridgehead atoms. The van der Waals surface area contributed by atoms with Crippen LogP contribution < -0.4 is 11.3 Å². The molecule has 1 aromatic carbocycles. The van der Waals surface area contributed by atoms with Crippen molar-refractivity contribution in [1.29, 1.82) is 0 Å². The Morgan fingerprint density at radius 3 is 2.67 bits per heavy atom. The van der Waals surface area contributed by atoms with Crippen LogP contribution in [0.3, 0.4) is 0 Å². The highest BCUT2D eigenvalue weighted by atomic mass is 15.2. The van der Waals surface area contributed by atoms with Crippen LogP contribution in [0.2, 0.25) is 0 Å². The summed E-state index contributed by atoms with van der Waals surface area (Å²) in [5, 5.41) is 1.15. The zero-order valence-corrected chi connectivity index (χ0v) is 8.99. The molecule has 2 rings (SSSR count). The van der Waals surface area contributed by atoms with Crippen molar-refractivity contribution in [3.8, 4) is 0 Å². The van der Waals surface area contributed by atoms with E-state index in [1.54, 1.807) is 0 Å². The molecule has 0 spiro atoms. The Bertz CT molecular complexity index is 477. The molecule has 1 heterocycles. The molecule has 0 amide bonds. The van der Waals surface area contributed by atoms with Gasteiger partial charge in [-0.3, -0.25) is 0 Å². The minimum absolute atomic E-state index is 0.467. The van der Waals surface area contributed by atoms with Crippen LogP contribution >= 0.6 is 0 Å². The number of pyridine rings is 1. The first kappa shape index (κ1) is 9.93. The maximum Gasteiger partial charge on any atom is 0.140 e. The molecule has 2 aromatic rings. The zero-order valence-electron chi connectivity index (χ0n) is 8.99. The molecule has 0 aliphatic carbocycles. The lowest BCUT2D eigenvalue weighted by Crippen LogP contribution is -2.08. The third kappa shape index (κ3) is 1.78. The van der Waals surface area contributed by atoms with E-state index in [2.05, 4.69) is 42.5 Å². The molecule has 78 valence electrons. The van der Waals surface area contributed by atoms with Crippen molar-refractivity contribution in [2.24, 2.45) is 5.84 Å². The van der Waals surface area contributed by atoms with Gasteiger partial charge in [0.25, 0.3) is 0 Å². The fraction of sp³-hybridized carbons (Fsp3) is 0.250. The molecular weight excluding hydrogens is 186 g/mol. The molecule has 0 saturated carbocycles. The second kappa shape index (κ2) is 3.87. The van der Waals surface area contributed by atoms with Gasteiger partial charge in [-0.15, -0.1) is 0 Å². The zero-order chi connectivity index (χ0) is 10.8. The van der Waals surface area contributed by atoms with E-state index in [1.165, 1.54) is 5.56 Å². The van der Waals surface area contributed by atoms with E-state index in [1.807, 2.05) is 12.1 Å². The highest BCUT2D eigenvalue weighted by Crippen LogP contribution is 2.24. The number of para-hydroxylation sites is 1. The van der Waals surface area contributed by atoms with Crippen LogP contribution in [-0.2, 0) is 0 Å². The number of anilines is 1. The van der Waals surface area contributed by atoms with Gasteiger partial charge in [0.1, 0.15) is 5.82 Å². The monoisotopic (exact) mass is 201 g/mol. The highest BCUT2D eigenvalue weighted by molar-refractivity contribution is 5.83. The van der Waals surface area contributed by atoms with Crippen LogP contribution in [-0.4, -0.2) is 4.98 Å². The summed E-state index contributed by atoms with van der Waals surface area (Å²) in [5.74, 6) is 6.53.